The van der Waals surface area contributed by atoms with Gasteiger partial charge in [0.1, 0.15) is 5.82 Å². The van der Waals surface area contributed by atoms with Crippen LogP contribution in [0.3, 0.4) is 0 Å². The summed E-state index contributed by atoms with van der Waals surface area (Å²) in [5, 5.41) is 11.9. The molecule has 0 bridgehead atoms. The summed E-state index contributed by atoms with van der Waals surface area (Å²) < 4.78 is 40.0. The van der Waals surface area contributed by atoms with Crippen molar-refractivity contribution < 1.29 is 13.5 Å². The summed E-state index contributed by atoms with van der Waals surface area (Å²) in [6.45, 7) is 1.94. The molecule has 1 aromatic carbocycles. The smallest absolute Gasteiger partial charge is 0.177 e. The summed E-state index contributed by atoms with van der Waals surface area (Å²) in [5.74, 6) is -0.245. The number of nitrogens with zero attached hydrogens (tertiary/aromatic N) is 6. The topological polar surface area (TPSA) is 73.0 Å². The second-order valence-electron chi connectivity index (χ2n) is 7.58. The molecule has 0 aliphatic carbocycles. The van der Waals surface area contributed by atoms with Crippen molar-refractivity contribution in [2.45, 2.75) is 11.8 Å². The van der Waals surface area contributed by atoms with Crippen molar-refractivity contribution >= 4 is 63.3 Å². The van der Waals surface area contributed by atoms with Gasteiger partial charge in [0.25, 0.3) is 0 Å². The molecule has 8 nitrogen and oxygen atoms in total. The molecule has 0 radical (unpaired) electrons. The van der Waals surface area contributed by atoms with Crippen LogP contribution in [0.4, 0.5) is 31.9 Å². The summed E-state index contributed by atoms with van der Waals surface area (Å²) in [6, 6.07) is 6.67. The van der Waals surface area contributed by atoms with Crippen molar-refractivity contribution in [1.82, 2.24) is 24.3 Å². The molecule has 4 rings (SSSR count). The molecule has 1 unspecified atom stereocenters. The van der Waals surface area contributed by atoms with E-state index in [1.807, 2.05) is 23.7 Å². The number of aryl methyl sites for hydroxylation is 2. The molecular formula is C22H23F2IN7OPS. The number of ether oxygens (including phenoxy) is 1. The van der Waals surface area contributed by atoms with Crippen LogP contribution in [0.2, 0.25) is 0 Å². The monoisotopic (exact) mass is 629 g/mol. The van der Waals surface area contributed by atoms with Crippen LogP contribution in [0.15, 0.2) is 41.6 Å². The Bertz CT molecular complexity index is 1380. The zero-order valence-corrected chi connectivity index (χ0v) is 23.6. The second-order valence-corrected chi connectivity index (χ2v) is 10.5. The SMILES string of the molecule is COc1c(Nc2cc(C)n(PI)n2)nc(N(C)c2ccc(SC)cc2F)c(F)c1-c1cnn(C)c1. The Hall–Kier alpha value is -2.44. The van der Waals surface area contributed by atoms with E-state index in [4.69, 9.17) is 4.74 Å². The van der Waals surface area contributed by atoms with E-state index in [0.717, 1.165) is 10.6 Å². The van der Waals surface area contributed by atoms with Crippen molar-refractivity contribution in [3.05, 3.63) is 54.0 Å². The Balaban J connectivity index is 1.91. The molecule has 0 spiro atoms. The van der Waals surface area contributed by atoms with E-state index in [1.54, 1.807) is 43.3 Å². The van der Waals surface area contributed by atoms with Crippen LogP contribution in [0, 0.1) is 18.6 Å². The Labute approximate surface area is 220 Å². The number of nitrogens with one attached hydrogen (secondary N) is 1. The molecule has 35 heavy (non-hydrogen) atoms. The maximum Gasteiger partial charge on any atom is 0.177 e. The number of methoxy groups -OCH3 is 1. The van der Waals surface area contributed by atoms with Crippen LogP contribution in [0.5, 0.6) is 5.75 Å². The first-order valence-corrected chi connectivity index (χ1v) is 15.6. The van der Waals surface area contributed by atoms with Gasteiger partial charge in [0.05, 0.1) is 30.9 Å². The first-order chi connectivity index (χ1) is 16.8. The molecule has 3 aromatic heterocycles. The number of hydrogen-bond acceptors (Lipinski definition) is 7. The Morgan fingerprint density at radius 3 is 2.60 bits per heavy atom. The van der Waals surface area contributed by atoms with E-state index in [2.05, 4.69) is 42.5 Å². The van der Waals surface area contributed by atoms with Crippen LogP contribution in [0.25, 0.3) is 11.1 Å². The summed E-state index contributed by atoms with van der Waals surface area (Å²) in [7, 11) is 4.76. The number of hydrogen-bond donors (Lipinski definition) is 1. The van der Waals surface area contributed by atoms with Gasteiger partial charge < -0.3 is 15.0 Å². The van der Waals surface area contributed by atoms with E-state index < -0.39 is 11.6 Å². The van der Waals surface area contributed by atoms with Gasteiger partial charge in [-0.3, -0.25) is 4.68 Å². The van der Waals surface area contributed by atoms with Gasteiger partial charge in [-0.15, -0.1) is 11.8 Å². The standard InChI is InChI=1S/C22H23F2IN7OPS/c1-12-8-17(29-32(12)34-25)27-21-20(33-4)18(13-10-26-30(2)11-13)19(24)22(28-21)31(3)16-7-6-14(35-5)9-15(16)23/h6-11,34H,1-5H3,(H,27,28,29). The number of benzene rings is 1. The van der Waals surface area contributed by atoms with Gasteiger partial charge in [0.15, 0.2) is 29.0 Å². The third kappa shape index (κ3) is 5.10. The number of pyridine rings is 1. The third-order valence-corrected chi connectivity index (χ3v) is 8.03. The fourth-order valence-corrected chi connectivity index (χ4v) is 5.83. The van der Waals surface area contributed by atoms with E-state index in [-0.39, 0.29) is 28.6 Å². The van der Waals surface area contributed by atoms with E-state index in [9.17, 15) is 4.39 Å². The molecule has 13 heteroatoms. The number of halogens is 3. The van der Waals surface area contributed by atoms with Crippen molar-refractivity contribution in [3.8, 4) is 16.9 Å². The third-order valence-electron chi connectivity index (χ3n) is 5.32. The lowest BCUT2D eigenvalue weighted by molar-refractivity contribution is 0.413. The van der Waals surface area contributed by atoms with E-state index in [0.29, 0.717) is 17.8 Å². The molecule has 184 valence electrons. The Kier molecular flexibility index (Phi) is 7.82. The molecule has 0 aliphatic heterocycles. The molecule has 0 aliphatic rings. The van der Waals surface area contributed by atoms with Gasteiger partial charge in [0, 0.05) is 42.5 Å². The van der Waals surface area contributed by atoms with Gasteiger partial charge in [0.2, 0.25) is 0 Å². The molecular weight excluding hydrogens is 606 g/mol. The minimum absolute atomic E-state index is 0.0742. The summed E-state index contributed by atoms with van der Waals surface area (Å²) >= 11 is 3.67. The zero-order chi connectivity index (χ0) is 25.3. The van der Waals surface area contributed by atoms with E-state index >= 15 is 4.39 Å². The highest BCUT2D eigenvalue weighted by Gasteiger charge is 2.27. The number of rotatable bonds is 8. The normalized spacial score (nSPS) is 11.4. The minimum Gasteiger partial charge on any atom is -0.492 e. The summed E-state index contributed by atoms with van der Waals surface area (Å²) in [6.07, 6.45) is 5.50. The predicted molar refractivity (Wildman–Crippen MR) is 147 cm³/mol. The van der Waals surface area contributed by atoms with Crippen molar-refractivity contribution in [2.75, 3.05) is 30.6 Å². The van der Waals surface area contributed by atoms with Gasteiger partial charge in [-0.05, 0) is 53.4 Å². The summed E-state index contributed by atoms with van der Waals surface area (Å²) in [4.78, 5) is 6.67. The number of aromatic nitrogens is 5. The average molecular weight is 629 g/mol. The molecule has 3 heterocycles. The van der Waals surface area contributed by atoms with Crippen LogP contribution in [-0.4, -0.2) is 44.7 Å². The molecule has 1 N–H and O–H groups in total. The molecule has 0 saturated carbocycles. The number of anilines is 4. The van der Waals surface area contributed by atoms with Gasteiger partial charge in [-0.25, -0.2) is 18.2 Å². The van der Waals surface area contributed by atoms with Crippen LogP contribution < -0.4 is 15.0 Å². The largest absolute Gasteiger partial charge is 0.492 e. The maximum absolute atomic E-state index is 16.1. The maximum atomic E-state index is 16.1. The first-order valence-electron chi connectivity index (χ1n) is 10.3. The Morgan fingerprint density at radius 1 is 1.26 bits per heavy atom. The lowest BCUT2D eigenvalue weighted by Crippen LogP contribution is -2.17. The Morgan fingerprint density at radius 2 is 2.03 bits per heavy atom. The molecule has 4 aromatic rings. The molecule has 0 amide bonds. The van der Waals surface area contributed by atoms with Gasteiger partial charge >= 0.3 is 0 Å². The minimum atomic E-state index is -0.660. The van der Waals surface area contributed by atoms with Crippen molar-refractivity contribution in [3.63, 3.8) is 0 Å². The fourth-order valence-electron chi connectivity index (χ4n) is 3.59. The van der Waals surface area contributed by atoms with Crippen molar-refractivity contribution in [2.24, 2.45) is 7.05 Å². The lowest BCUT2D eigenvalue weighted by atomic mass is 10.1. The molecule has 0 fully saturated rings. The van der Waals surface area contributed by atoms with Crippen LogP contribution in [0.1, 0.15) is 5.69 Å². The average Bonchev–Trinajstić information content (AvgIpc) is 3.43. The molecule has 1 atom stereocenters. The van der Waals surface area contributed by atoms with Gasteiger partial charge in [-0.2, -0.15) is 10.2 Å². The zero-order valence-electron chi connectivity index (χ0n) is 19.6. The highest BCUT2D eigenvalue weighted by Crippen LogP contribution is 2.43. The van der Waals surface area contributed by atoms with Crippen molar-refractivity contribution in [1.29, 1.82) is 0 Å². The second kappa shape index (κ2) is 10.7. The predicted octanol–water partition coefficient (Wildman–Crippen LogP) is 6.30. The quantitative estimate of drug-likeness (QED) is 0.139. The lowest BCUT2D eigenvalue weighted by Gasteiger charge is -2.23. The first kappa shape index (κ1) is 25.6. The number of thioether (sulfide) groups is 1. The van der Waals surface area contributed by atoms with Crippen LogP contribution in [-0.2, 0) is 7.05 Å². The van der Waals surface area contributed by atoms with Crippen LogP contribution >= 0.6 is 40.2 Å². The molecule has 0 saturated heterocycles. The summed E-state index contributed by atoms with van der Waals surface area (Å²) in [5.41, 5.74) is 1.80. The van der Waals surface area contributed by atoms with Gasteiger partial charge in [-0.1, -0.05) is 0 Å². The fraction of sp³-hybridized carbons (Fsp3) is 0.227. The highest BCUT2D eigenvalue weighted by molar-refractivity contribution is 14.2. The van der Waals surface area contributed by atoms with E-state index in [1.165, 1.54) is 29.8 Å². The highest BCUT2D eigenvalue weighted by atomic mass is 127.